The van der Waals surface area contributed by atoms with E-state index in [0.717, 1.165) is 51.6 Å². The van der Waals surface area contributed by atoms with Crippen LogP contribution in [0.4, 0.5) is 4.79 Å². The predicted molar refractivity (Wildman–Crippen MR) is 66.9 cm³/mol. The Bertz CT molecular complexity index is 213. The third kappa shape index (κ3) is 5.39. The Morgan fingerprint density at radius 1 is 1.35 bits per heavy atom. The molecule has 0 aromatic heterocycles. The highest BCUT2D eigenvalue weighted by atomic mass is 16.6. The molecule has 17 heavy (non-hydrogen) atoms. The second-order valence-electron chi connectivity index (χ2n) is 4.76. The molecule has 1 heterocycles. The number of hydrogen-bond donors (Lipinski definition) is 1. The van der Waals surface area contributed by atoms with Crippen LogP contribution in [-0.4, -0.2) is 42.4 Å². The van der Waals surface area contributed by atoms with Crippen LogP contribution in [-0.2, 0) is 4.74 Å². The highest BCUT2D eigenvalue weighted by molar-refractivity contribution is 5.67. The average Bonchev–Trinajstić information content (AvgIpc) is 2.36. The van der Waals surface area contributed by atoms with Gasteiger partial charge >= 0.3 is 6.09 Å². The van der Waals surface area contributed by atoms with E-state index in [1.165, 1.54) is 0 Å². The summed E-state index contributed by atoms with van der Waals surface area (Å²) in [5, 5.41) is 8.86. The summed E-state index contributed by atoms with van der Waals surface area (Å²) in [6.07, 6.45) is 5.90. The van der Waals surface area contributed by atoms with Crippen LogP contribution in [0, 0.1) is 5.92 Å². The fourth-order valence-electron chi connectivity index (χ4n) is 2.19. The first kappa shape index (κ1) is 14.3. The molecule has 1 fully saturated rings. The molecule has 1 N–H and O–H groups in total. The summed E-state index contributed by atoms with van der Waals surface area (Å²) < 4.78 is 5.22. The van der Waals surface area contributed by atoms with E-state index in [0.29, 0.717) is 12.5 Å². The molecule has 100 valence electrons. The van der Waals surface area contributed by atoms with Gasteiger partial charge in [-0.25, -0.2) is 4.79 Å². The molecular weight excluding hydrogens is 218 g/mol. The van der Waals surface area contributed by atoms with Gasteiger partial charge in [0.15, 0.2) is 0 Å². The van der Waals surface area contributed by atoms with E-state index in [-0.39, 0.29) is 12.7 Å². The molecule has 0 atom stereocenters. The van der Waals surface area contributed by atoms with E-state index in [1.54, 1.807) is 4.90 Å². The monoisotopic (exact) mass is 243 g/mol. The molecule has 0 spiro atoms. The van der Waals surface area contributed by atoms with E-state index in [4.69, 9.17) is 9.84 Å². The molecule has 0 saturated carbocycles. The van der Waals surface area contributed by atoms with Gasteiger partial charge in [0, 0.05) is 19.7 Å². The number of unbranched alkanes of at least 4 members (excludes halogenated alkanes) is 2. The average molecular weight is 243 g/mol. The van der Waals surface area contributed by atoms with Gasteiger partial charge in [0.1, 0.15) is 0 Å². The van der Waals surface area contributed by atoms with E-state index in [2.05, 4.69) is 6.92 Å². The minimum atomic E-state index is -0.163. The van der Waals surface area contributed by atoms with Gasteiger partial charge in [0.25, 0.3) is 0 Å². The van der Waals surface area contributed by atoms with Crippen LogP contribution < -0.4 is 0 Å². The van der Waals surface area contributed by atoms with Crippen molar-refractivity contribution in [3.63, 3.8) is 0 Å². The standard InChI is InChI=1S/C13H25NO3/c1-2-3-4-11-17-13(16)14-8-5-12(6-9-14)7-10-15/h12,15H,2-11H2,1H3. The van der Waals surface area contributed by atoms with Gasteiger partial charge in [0.05, 0.1) is 6.61 Å². The lowest BCUT2D eigenvalue weighted by Gasteiger charge is -2.31. The first-order valence-electron chi connectivity index (χ1n) is 6.80. The summed E-state index contributed by atoms with van der Waals surface area (Å²) in [4.78, 5) is 13.5. The fourth-order valence-corrected chi connectivity index (χ4v) is 2.19. The van der Waals surface area contributed by atoms with Crippen molar-refractivity contribution in [1.29, 1.82) is 0 Å². The molecule has 0 radical (unpaired) electrons. The van der Waals surface area contributed by atoms with Crippen molar-refractivity contribution in [3.8, 4) is 0 Å². The van der Waals surface area contributed by atoms with Crippen molar-refractivity contribution >= 4 is 6.09 Å². The summed E-state index contributed by atoms with van der Waals surface area (Å²) in [5.74, 6) is 0.573. The van der Waals surface area contributed by atoms with Gasteiger partial charge < -0.3 is 14.7 Å². The quantitative estimate of drug-likeness (QED) is 0.729. The molecule has 0 unspecified atom stereocenters. The zero-order valence-electron chi connectivity index (χ0n) is 10.9. The van der Waals surface area contributed by atoms with Gasteiger partial charge in [-0.3, -0.25) is 0 Å². The van der Waals surface area contributed by atoms with E-state index in [1.807, 2.05) is 0 Å². The van der Waals surface area contributed by atoms with Crippen LogP contribution in [0.25, 0.3) is 0 Å². The molecule has 4 heteroatoms. The normalized spacial score (nSPS) is 17.2. The van der Waals surface area contributed by atoms with Crippen LogP contribution in [0.5, 0.6) is 0 Å². The summed E-state index contributed by atoms with van der Waals surface area (Å²) in [6, 6.07) is 0. The second kappa shape index (κ2) is 8.34. The zero-order chi connectivity index (χ0) is 12.5. The highest BCUT2D eigenvalue weighted by Gasteiger charge is 2.23. The number of ether oxygens (including phenoxy) is 1. The number of piperidine rings is 1. The number of carbonyl (C=O) groups excluding carboxylic acids is 1. The molecule has 0 aromatic carbocycles. The fraction of sp³-hybridized carbons (Fsp3) is 0.923. The lowest BCUT2D eigenvalue weighted by atomic mass is 9.94. The third-order valence-corrected chi connectivity index (χ3v) is 3.38. The van der Waals surface area contributed by atoms with E-state index >= 15 is 0 Å². The predicted octanol–water partition coefficient (Wildman–Crippen LogP) is 2.41. The minimum Gasteiger partial charge on any atom is -0.449 e. The number of carbonyl (C=O) groups is 1. The molecule has 1 aliphatic heterocycles. The van der Waals surface area contributed by atoms with E-state index in [9.17, 15) is 4.79 Å². The number of nitrogens with zero attached hydrogens (tertiary/aromatic N) is 1. The van der Waals surface area contributed by atoms with Crippen LogP contribution in [0.2, 0.25) is 0 Å². The van der Waals surface area contributed by atoms with Crippen molar-refractivity contribution in [2.45, 2.75) is 45.4 Å². The van der Waals surface area contributed by atoms with Crippen LogP contribution in [0.15, 0.2) is 0 Å². The minimum absolute atomic E-state index is 0.163. The van der Waals surface area contributed by atoms with Gasteiger partial charge in [0.2, 0.25) is 0 Å². The number of rotatable bonds is 6. The number of hydrogen-bond acceptors (Lipinski definition) is 3. The molecular formula is C13H25NO3. The maximum Gasteiger partial charge on any atom is 0.409 e. The Balaban J connectivity index is 2.12. The van der Waals surface area contributed by atoms with Gasteiger partial charge in [-0.15, -0.1) is 0 Å². The first-order valence-corrected chi connectivity index (χ1v) is 6.80. The molecule has 0 aliphatic carbocycles. The number of amides is 1. The molecule has 1 aliphatic rings. The molecule has 0 bridgehead atoms. The van der Waals surface area contributed by atoms with Crippen LogP contribution in [0.3, 0.4) is 0 Å². The molecule has 1 rings (SSSR count). The topological polar surface area (TPSA) is 49.8 Å². The zero-order valence-corrected chi connectivity index (χ0v) is 10.9. The lowest BCUT2D eigenvalue weighted by Crippen LogP contribution is -2.39. The number of aliphatic hydroxyl groups is 1. The number of aliphatic hydroxyl groups excluding tert-OH is 1. The second-order valence-corrected chi connectivity index (χ2v) is 4.76. The Hall–Kier alpha value is -0.770. The van der Waals surface area contributed by atoms with Gasteiger partial charge in [-0.05, 0) is 31.6 Å². The molecule has 0 aromatic rings. The first-order chi connectivity index (χ1) is 8.27. The molecule has 1 saturated heterocycles. The largest absolute Gasteiger partial charge is 0.449 e. The van der Waals surface area contributed by atoms with Crippen LogP contribution >= 0.6 is 0 Å². The van der Waals surface area contributed by atoms with Gasteiger partial charge in [-0.2, -0.15) is 0 Å². The summed E-state index contributed by atoms with van der Waals surface area (Å²) in [5.41, 5.74) is 0. The van der Waals surface area contributed by atoms with Crippen LogP contribution in [0.1, 0.15) is 45.4 Å². The number of likely N-dealkylation sites (tertiary alicyclic amines) is 1. The molecule has 1 amide bonds. The van der Waals surface area contributed by atoms with Crippen molar-refractivity contribution < 1.29 is 14.6 Å². The Morgan fingerprint density at radius 2 is 2.06 bits per heavy atom. The smallest absolute Gasteiger partial charge is 0.409 e. The van der Waals surface area contributed by atoms with Gasteiger partial charge in [-0.1, -0.05) is 19.8 Å². The summed E-state index contributed by atoms with van der Waals surface area (Å²) in [7, 11) is 0. The van der Waals surface area contributed by atoms with Crippen molar-refractivity contribution in [2.75, 3.05) is 26.3 Å². The van der Waals surface area contributed by atoms with Crippen molar-refractivity contribution in [1.82, 2.24) is 4.90 Å². The maximum atomic E-state index is 11.7. The third-order valence-electron chi connectivity index (χ3n) is 3.38. The van der Waals surface area contributed by atoms with E-state index < -0.39 is 0 Å². The summed E-state index contributed by atoms with van der Waals surface area (Å²) in [6.45, 7) is 4.48. The summed E-state index contributed by atoms with van der Waals surface area (Å²) >= 11 is 0. The van der Waals surface area contributed by atoms with Crippen molar-refractivity contribution in [3.05, 3.63) is 0 Å². The Kier molecular flexibility index (Phi) is 7.01. The highest BCUT2D eigenvalue weighted by Crippen LogP contribution is 2.20. The maximum absolute atomic E-state index is 11.7. The Morgan fingerprint density at radius 3 is 2.65 bits per heavy atom. The lowest BCUT2D eigenvalue weighted by molar-refractivity contribution is 0.0834. The van der Waals surface area contributed by atoms with Crippen molar-refractivity contribution in [2.24, 2.45) is 5.92 Å². The SMILES string of the molecule is CCCCCOC(=O)N1CCC(CCO)CC1. The molecule has 4 nitrogen and oxygen atoms in total. The Labute approximate surface area is 104 Å².